The van der Waals surface area contributed by atoms with Gasteiger partial charge in [-0.05, 0) is 12.8 Å². The van der Waals surface area contributed by atoms with E-state index < -0.39 is 0 Å². The van der Waals surface area contributed by atoms with Crippen LogP contribution in [0.5, 0.6) is 0 Å². The van der Waals surface area contributed by atoms with Gasteiger partial charge >= 0.3 is 11.9 Å². The molecule has 0 amide bonds. The van der Waals surface area contributed by atoms with Crippen LogP contribution in [0.4, 0.5) is 0 Å². The fraction of sp³-hybridized carbons (Fsp3) is 0.905. The predicted octanol–water partition coefficient (Wildman–Crippen LogP) is 2.91. The first kappa shape index (κ1) is 27.8. The Kier molecular flexibility index (Phi) is 22.1. The van der Waals surface area contributed by atoms with Gasteiger partial charge in [0.1, 0.15) is 13.2 Å². The summed E-state index contributed by atoms with van der Waals surface area (Å²) in [4.78, 5) is 22.6. The first-order chi connectivity index (χ1) is 14.2. The average Bonchev–Trinajstić information content (AvgIpc) is 2.71. The molecule has 0 aromatic carbocycles. The maximum Gasteiger partial charge on any atom is 0.305 e. The lowest BCUT2D eigenvalue weighted by Crippen LogP contribution is -2.15. The molecule has 0 aliphatic carbocycles. The molecule has 0 aliphatic rings. The van der Waals surface area contributed by atoms with E-state index in [0.717, 1.165) is 32.1 Å². The van der Waals surface area contributed by atoms with Crippen LogP contribution in [0.3, 0.4) is 0 Å². The number of hydrogen-bond donors (Lipinski definition) is 0. The zero-order valence-corrected chi connectivity index (χ0v) is 18.3. The molecule has 29 heavy (non-hydrogen) atoms. The molecule has 0 aliphatic heterocycles. The van der Waals surface area contributed by atoms with Crippen molar-refractivity contribution in [2.24, 2.45) is 0 Å². The number of hydrogen-bond acceptors (Lipinski definition) is 8. The summed E-state index contributed by atoms with van der Waals surface area (Å²) >= 11 is 0. The van der Waals surface area contributed by atoms with Gasteiger partial charge in [-0.2, -0.15) is 0 Å². The molecule has 0 fully saturated rings. The van der Waals surface area contributed by atoms with Gasteiger partial charge in [0, 0.05) is 12.8 Å². The fourth-order valence-electron chi connectivity index (χ4n) is 2.24. The highest BCUT2D eigenvalue weighted by Gasteiger charge is 2.02. The van der Waals surface area contributed by atoms with Crippen LogP contribution in [0.1, 0.15) is 58.8 Å². The van der Waals surface area contributed by atoms with Crippen molar-refractivity contribution < 1.29 is 38.0 Å². The molecule has 8 nitrogen and oxygen atoms in total. The second-order valence-corrected chi connectivity index (χ2v) is 6.45. The third kappa shape index (κ3) is 22.9. The zero-order valence-electron chi connectivity index (χ0n) is 18.3. The van der Waals surface area contributed by atoms with Gasteiger partial charge in [0.2, 0.25) is 0 Å². The lowest BCUT2D eigenvalue weighted by atomic mass is 10.2. The Morgan fingerprint density at radius 2 is 0.897 bits per heavy atom. The summed E-state index contributed by atoms with van der Waals surface area (Å²) < 4.78 is 31.4. The van der Waals surface area contributed by atoms with Crippen molar-refractivity contribution >= 4 is 11.9 Å². The number of carbonyl (C=O) groups is 2. The number of unbranched alkanes of at least 4 members (excludes halogenated alkanes) is 3. The Balaban J connectivity index is 3.13. The maximum absolute atomic E-state index is 11.4. The Morgan fingerprint density at radius 1 is 0.483 bits per heavy atom. The van der Waals surface area contributed by atoms with E-state index in [4.69, 9.17) is 28.4 Å². The van der Waals surface area contributed by atoms with Crippen LogP contribution in [0, 0.1) is 0 Å². The summed E-state index contributed by atoms with van der Waals surface area (Å²) in [6.07, 6.45) is 6.01. The minimum atomic E-state index is -0.188. The van der Waals surface area contributed by atoms with Crippen LogP contribution in [0.15, 0.2) is 0 Å². The normalized spacial score (nSPS) is 10.8. The quantitative estimate of drug-likeness (QED) is 0.195. The SMILES string of the molecule is CCCCCCC(=O)OCCOCCOCCOCCOCCOC(=O)CCC. The highest BCUT2D eigenvalue weighted by molar-refractivity contribution is 5.69. The van der Waals surface area contributed by atoms with Crippen molar-refractivity contribution in [3.8, 4) is 0 Å². The molecule has 0 radical (unpaired) electrons. The van der Waals surface area contributed by atoms with Crippen LogP contribution in [-0.2, 0) is 38.0 Å². The van der Waals surface area contributed by atoms with E-state index in [2.05, 4.69) is 6.92 Å². The van der Waals surface area contributed by atoms with Crippen molar-refractivity contribution in [2.45, 2.75) is 58.8 Å². The molecular weight excluding hydrogens is 380 g/mol. The summed E-state index contributed by atoms with van der Waals surface area (Å²) in [6, 6.07) is 0. The maximum atomic E-state index is 11.4. The van der Waals surface area contributed by atoms with E-state index in [1.54, 1.807) is 0 Å². The smallest absolute Gasteiger partial charge is 0.305 e. The Bertz CT molecular complexity index is 376. The largest absolute Gasteiger partial charge is 0.463 e. The Morgan fingerprint density at radius 3 is 1.31 bits per heavy atom. The Hall–Kier alpha value is -1.22. The molecule has 0 aromatic rings. The van der Waals surface area contributed by atoms with E-state index >= 15 is 0 Å². The molecule has 0 N–H and O–H groups in total. The fourth-order valence-corrected chi connectivity index (χ4v) is 2.24. The van der Waals surface area contributed by atoms with Crippen LogP contribution in [-0.4, -0.2) is 78.0 Å². The summed E-state index contributed by atoms with van der Waals surface area (Å²) in [7, 11) is 0. The first-order valence-corrected chi connectivity index (χ1v) is 10.8. The summed E-state index contributed by atoms with van der Waals surface area (Å²) in [5, 5.41) is 0. The van der Waals surface area contributed by atoms with Gasteiger partial charge in [-0.15, -0.1) is 0 Å². The molecule has 0 rings (SSSR count). The van der Waals surface area contributed by atoms with Crippen LogP contribution >= 0.6 is 0 Å². The van der Waals surface area contributed by atoms with E-state index in [0.29, 0.717) is 65.7 Å². The number of ether oxygens (including phenoxy) is 6. The topological polar surface area (TPSA) is 89.5 Å². The molecule has 0 bridgehead atoms. The third-order valence-corrected chi connectivity index (χ3v) is 3.79. The molecule has 0 saturated carbocycles. The van der Waals surface area contributed by atoms with Gasteiger partial charge in [0.25, 0.3) is 0 Å². The second-order valence-electron chi connectivity index (χ2n) is 6.45. The molecule has 8 heteroatoms. The molecule has 0 spiro atoms. The monoisotopic (exact) mass is 420 g/mol. The molecule has 0 atom stereocenters. The van der Waals surface area contributed by atoms with Gasteiger partial charge in [-0.3, -0.25) is 9.59 Å². The predicted molar refractivity (Wildman–Crippen MR) is 109 cm³/mol. The van der Waals surface area contributed by atoms with Crippen LogP contribution < -0.4 is 0 Å². The summed E-state index contributed by atoms with van der Waals surface area (Å²) in [6.45, 7) is 8.18. The van der Waals surface area contributed by atoms with Crippen molar-refractivity contribution in [2.75, 3.05) is 66.1 Å². The van der Waals surface area contributed by atoms with Gasteiger partial charge in [0.15, 0.2) is 0 Å². The highest BCUT2D eigenvalue weighted by atomic mass is 16.6. The molecular formula is C21H40O8. The van der Waals surface area contributed by atoms with E-state index in [-0.39, 0.29) is 25.2 Å². The lowest BCUT2D eigenvalue weighted by Gasteiger charge is -2.08. The van der Waals surface area contributed by atoms with Crippen LogP contribution in [0.2, 0.25) is 0 Å². The zero-order chi connectivity index (χ0) is 21.4. The molecule has 0 aromatic heterocycles. The minimum Gasteiger partial charge on any atom is -0.463 e. The third-order valence-electron chi connectivity index (χ3n) is 3.79. The molecule has 0 heterocycles. The van der Waals surface area contributed by atoms with Crippen molar-refractivity contribution in [1.82, 2.24) is 0 Å². The van der Waals surface area contributed by atoms with Crippen molar-refractivity contribution in [3.63, 3.8) is 0 Å². The van der Waals surface area contributed by atoms with E-state index in [1.807, 2.05) is 6.92 Å². The molecule has 172 valence electrons. The highest BCUT2D eigenvalue weighted by Crippen LogP contribution is 2.03. The second kappa shape index (κ2) is 23.1. The van der Waals surface area contributed by atoms with Crippen LogP contribution in [0.25, 0.3) is 0 Å². The first-order valence-electron chi connectivity index (χ1n) is 10.8. The van der Waals surface area contributed by atoms with Gasteiger partial charge in [-0.25, -0.2) is 0 Å². The van der Waals surface area contributed by atoms with Gasteiger partial charge in [-0.1, -0.05) is 33.1 Å². The number of rotatable bonds is 22. The average molecular weight is 421 g/mol. The summed E-state index contributed by atoms with van der Waals surface area (Å²) in [5.41, 5.74) is 0. The lowest BCUT2D eigenvalue weighted by molar-refractivity contribution is -0.146. The molecule has 0 unspecified atom stereocenters. The van der Waals surface area contributed by atoms with E-state index in [1.165, 1.54) is 0 Å². The van der Waals surface area contributed by atoms with Crippen molar-refractivity contribution in [3.05, 3.63) is 0 Å². The van der Waals surface area contributed by atoms with Gasteiger partial charge in [0.05, 0.1) is 52.9 Å². The number of esters is 2. The molecule has 0 saturated heterocycles. The van der Waals surface area contributed by atoms with Gasteiger partial charge < -0.3 is 28.4 Å². The number of carbonyl (C=O) groups excluding carboxylic acids is 2. The van der Waals surface area contributed by atoms with E-state index in [9.17, 15) is 9.59 Å². The summed E-state index contributed by atoms with van der Waals surface area (Å²) in [5.74, 6) is -0.341. The minimum absolute atomic E-state index is 0.153. The standard InChI is InChI=1S/C21H40O8/c1-3-5-6-7-9-21(23)29-19-17-27-15-13-25-11-10-24-12-14-26-16-18-28-20(22)8-4-2/h3-19H2,1-2H3. The van der Waals surface area contributed by atoms with Crippen molar-refractivity contribution in [1.29, 1.82) is 0 Å². The Labute approximate surface area is 175 Å².